The second-order valence-corrected chi connectivity index (χ2v) is 8.62. The first-order valence-electron chi connectivity index (χ1n) is 10.2. The largest absolute Gasteiger partial charge is 0.369 e. The Morgan fingerprint density at radius 1 is 0.870 bits per heavy atom. The maximum absolute atomic E-state index is 13.4. The van der Waals surface area contributed by atoms with Gasteiger partial charge in [-0.1, -0.05) is 38.5 Å². The molecule has 2 saturated heterocycles. The van der Waals surface area contributed by atoms with Gasteiger partial charge in [-0.2, -0.15) is 0 Å². The maximum Gasteiger partial charge on any atom is 0.226 e. The molecule has 0 N–H and O–H groups in total. The molecule has 23 heavy (non-hydrogen) atoms. The van der Waals surface area contributed by atoms with Gasteiger partial charge in [0.2, 0.25) is 5.91 Å². The highest BCUT2D eigenvalue weighted by atomic mass is 16.6. The van der Waals surface area contributed by atoms with Gasteiger partial charge >= 0.3 is 0 Å². The molecule has 0 atom stereocenters. The lowest BCUT2D eigenvalue weighted by Crippen LogP contribution is -2.48. The third kappa shape index (κ3) is 3.45. The van der Waals surface area contributed by atoms with E-state index in [4.69, 9.17) is 4.74 Å². The number of piperidine rings is 1. The van der Waals surface area contributed by atoms with Gasteiger partial charge in [-0.3, -0.25) is 4.79 Å². The molecule has 0 aromatic carbocycles. The van der Waals surface area contributed by atoms with Crippen LogP contribution in [0.4, 0.5) is 0 Å². The maximum atomic E-state index is 13.4. The molecule has 2 heterocycles. The van der Waals surface area contributed by atoms with Crippen LogP contribution < -0.4 is 0 Å². The topological polar surface area (TPSA) is 32.8 Å². The van der Waals surface area contributed by atoms with E-state index in [0.717, 1.165) is 32.5 Å². The fourth-order valence-corrected chi connectivity index (χ4v) is 5.51. The second kappa shape index (κ2) is 6.74. The molecule has 0 bridgehead atoms. The minimum atomic E-state index is 0.182. The van der Waals surface area contributed by atoms with Crippen LogP contribution in [0.25, 0.3) is 0 Å². The summed E-state index contributed by atoms with van der Waals surface area (Å²) < 4.78 is 5.62. The van der Waals surface area contributed by atoms with Crippen molar-refractivity contribution in [1.29, 1.82) is 0 Å². The third-order valence-corrected chi connectivity index (χ3v) is 7.14. The molecule has 1 amide bonds. The number of amides is 1. The van der Waals surface area contributed by atoms with Crippen molar-refractivity contribution in [2.45, 2.75) is 82.7 Å². The summed E-state index contributed by atoms with van der Waals surface area (Å²) in [4.78, 5) is 15.6. The number of ether oxygens (including phenoxy) is 1. The highest BCUT2D eigenvalue weighted by Gasteiger charge is 2.48. The molecular formula is C20H33NO2. The number of hydrogen-bond acceptors (Lipinski definition) is 2. The fourth-order valence-electron chi connectivity index (χ4n) is 5.51. The molecule has 130 valence electrons. The van der Waals surface area contributed by atoms with Crippen molar-refractivity contribution in [3.8, 4) is 0 Å². The van der Waals surface area contributed by atoms with Crippen molar-refractivity contribution >= 4 is 5.91 Å². The van der Waals surface area contributed by atoms with E-state index in [1.54, 1.807) is 0 Å². The molecular weight excluding hydrogens is 286 g/mol. The Morgan fingerprint density at radius 2 is 1.35 bits per heavy atom. The minimum absolute atomic E-state index is 0.182. The Balaban J connectivity index is 1.45. The van der Waals surface area contributed by atoms with Crippen molar-refractivity contribution in [2.75, 3.05) is 19.7 Å². The van der Waals surface area contributed by atoms with E-state index < -0.39 is 0 Å². The van der Waals surface area contributed by atoms with E-state index >= 15 is 0 Å². The summed E-state index contributed by atoms with van der Waals surface area (Å²) in [6.07, 6.45) is 15.5. The summed E-state index contributed by atoms with van der Waals surface area (Å²) >= 11 is 0. The summed E-state index contributed by atoms with van der Waals surface area (Å²) in [6, 6.07) is 0. The first-order chi connectivity index (χ1) is 11.3. The van der Waals surface area contributed by atoms with Crippen LogP contribution in [0.2, 0.25) is 0 Å². The molecule has 2 aliphatic carbocycles. The lowest BCUT2D eigenvalue weighted by atomic mass is 9.69. The molecule has 0 aromatic heterocycles. The standard InChI is InChI=1S/C20H33NO2/c22-19(21-13-11-20(12-14-21)15-23-20)18(16-7-3-1-4-8-16)17-9-5-2-6-10-17/h16-18H,1-15H2. The lowest BCUT2D eigenvalue weighted by Gasteiger charge is -2.41. The molecule has 1 spiro atoms. The predicted molar refractivity (Wildman–Crippen MR) is 91.1 cm³/mol. The minimum Gasteiger partial charge on any atom is -0.369 e. The number of carbonyl (C=O) groups is 1. The molecule has 4 aliphatic rings. The summed E-state index contributed by atoms with van der Waals surface area (Å²) in [5.41, 5.74) is 0.182. The zero-order valence-electron chi connectivity index (χ0n) is 14.6. The normalized spacial score (nSPS) is 29.2. The molecule has 4 fully saturated rings. The Morgan fingerprint density at radius 3 is 1.78 bits per heavy atom. The number of nitrogens with zero attached hydrogens (tertiary/aromatic N) is 1. The van der Waals surface area contributed by atoms with Crippen molar-refractivity contribution < 1.29 is 9.53 Å². The smallest absolute Gasteiger partial charge is 0.226 e. The van der Waals surface area contributed by atoms with Crippen LogP contribution in [0.15, 0.2) is 0 Å². The Labute approximate surface area is 141 Å². The van der Waals surface area contributed by atoms with Crippen molar-refractivity contribution in [3.63, 3.8) is 0 Å². The van der Waals surface area contributed by atoms with Gasteiger partial charge in [0.25, 0.3) is 0 Å². The molecule has 2 aliphatic heterocycles. The van der Waals surface area contributed by atoms with Crippen LogP contribution in [0, 0.1) is 17.8 Å². The summed E-state index contributed by atoms with van der Waals surface area (Å²) in [6.45, 7) is 2.81. The zero-order valence-corrected chi connectivity index (χ0v) is 14.6. The number of hydrogen-bond donors (Lipinski definition) is 0. The quantitative estimate of drug-likeness (QED) is 0.732. The number of epoxide rings is 1. The molecule has 2 saturated carbocycles. The van der Waals surface area contributed by atoms with Crippen LogP contribution in [0.5, 0.6) is 0 Å². The van der Waals surface area contributed by atoms with Crippen LogP contribution in [-0.2, 0) is 9.53 Å². The molecule has 3 nitrogen and oxygen atoms in total. The molecule has 0 aromatic rings. The van der Waals surface area contributed by atoms with Gasteiger partial charge in [0, 0.05) is 19.0 Å². The van der Waals surface area contributed by atoms with E-state index in [0.29, 0.717) is 23.7 Å². The van der Waals surface area contributed by atoms with Gasteiger partial charge in [0.15, 0.2) is 0 Å². The fraction of sp³-hybridized carbons (Fsp3) is 0.950. The Hall–Kier alpha value is -0.570. The third-order valence-electron chi connectivity index (χ3n) is 7.14. The van der Waals surface area contributed by atoms with Crippen molar-refractivity contribution in [2.24, 2.45) is 17.8 Å². The van der Waals surface area contributed by atoms with Gasteiger partial charge in [0.05, 0.1) is 12.2 Å². The second-order valence-electron chi connectivity index (χ2n) is 8.62. The van der Waals surface area contributed by atoms with Gasteiger partial charge in [-0.15, -0.1) is 0 Å². The van der Waals surface area contributed by atoms with Gasteiger partial charge < -0.3 is 9.64 Å². The van der Waals surface area contributed by atoms with Crippen LogP contribution in [-0.4, -0.2) is 36.1 Å². The van der Waals surface area contributed by atoms with Crippen LogP contribution in [0.3, 0.4) is 0 Å². The van der Waals surface area contributed by atoms with E-state index in [1.165, 1.54) is 64.2 Å². The molecule has 0 radical (unpaired) electrons. The lowest BCUT2D eigenvalue weighted by molar-refractivity contribution is -0.142. The van der Waals surface area contributed by atoms with E-state index in [9.17, 15) is 4.79 Å². The van der Waals surface area contributed by atoms with Gasteiger partial charge in [-0.05, 0) is 50.4 Å². The highest BCUT2D eigenvalue weighted by molar-refractivity contribution is 5.79. The molecule has 3 heteroatoms. The monoisotopic (exact) mass is 319 g/mol. The average molecular weight is 319 g/mol. The van der Waals surface area contributed by atoms with E-state index in [2.05, 4.69) is 4.90 Å². The molecule has 0 unspecified atom stereocenters. The van der Waals surface area contributed by atoms with E-state index in [1.807, 2.05) is 0 Å². The SMILES string of the molecule is O=C(C(C1CCCCC1)C1CCCCC1)N1CCC2(CC1)CO2. The number of rotatable bonds is 3. The van der Waals surface area contributed by atoms with E-state index in [-0.39, 0.29) is 5.60 Å². The van der Waals surface area contributed by atoms with Gasteiger partial charge in [-0.25, -0.2) is 0 Å². The Kier molecular flexibility index (Phi) is 4.67. The van der Waals surface area contributed by atoms with Gasteiger partial charge in [0.1, 0.15) is 0 Å². The number of likely N-dealkylation sites (tertiary alicyclic amines) is 1. The first kappa shape index (κ1) is 15.9. The van der Waals surface area contributed by atoms with Crippen molar-refractivity contribution in [3.05, 3.63) is 0 Å². The highest BCUT2D eigenvalue weighted by Crippen LogP contribution is 2.43. The average Bonchev–Trinajstić information content (AvgIpc) is 3.37. The molecule has 4 rings (SSSR count). The van der Waals surface area contributed by atoms with Crippen molar-refractivity contribution in [1.82, 2.24) is 4.90 Å². The summed E-state index contributed by atoms with van der Waals surface area (Å²) in [5, 5.41) is 0. The predicted octanol–water partition coefficient (Wildman–Crippen LogP) is 4.15. The first-order valence-corrected chi connectivity index (χ1v) is 10.2. The zero-order chi connectivity index (χ0) is 15.7. The van der Waals surface area contributed by atoms with Crippen LogP contribution >= 0.6 is 0 Å². The number of carbonyl (C=O) groups excluding carboxylic acids is 1. The van der Waals surface area contributed by atoms with Crippen LogP contribution in [0.1, 0.15) is 77.0 Å². The Bertz CT molecular complexity index is 391. The summed E-state index contributed by atoms with van der Waals surface area (Å²) in [7, 11) is 0. The summed E-state index contributed by atoms with van der Waals surface area (Å²) in [5.74, 6) is 2.20.